The molecule has 10 atom stereocenters. The average Bonchev–Trinajstić information content (AvgIpc) is 3.27. The zero-order valence-electron chi connectivity index (χ0n) is 19.3. The molecule has 2 aliphatic heterocycles. The van der Waals surface area contributed by atoms with E-state index in [2.05, 4.69) is 15.6 Å². The number of hydrogen-bond acceptors (Lipinski definition) is 13. The van der Waals surface area contributed by atoms with E-state index in [0.29, 0.717) is 12.2 Å². The van der Waals surface area contributed by atoms with Crippen LogP contribution in [0.1, 0.15) is 19.0 Å². The molecule has 0 saturated carbocycles. The number of nitrogens with zero attached hydrogens (tertiary/aromatic N) is 3. The van der Waals surface area contributed by atoms with Gasteiger partial charge in [0.25, 0.3) is 0 Å². The molecule has 2 saturated heterocycles. The van der Waals surface area contributed by atoms with Crippen molar-refractivity contribution < 1.29 is 49.3 Å². The zero-order chi connectivity index (χ0) is 25.0. The summed E-state index contributed by atoms with van der Waals surface area (Å²) in [6, 6.07) is 0. The Labute approximate surface area is 196 Å². The number of nitrogens with one attached hydrogen (secondary N) is 1. The standard InChI is InChI=1S/C20H34N4O10/c1-9-13(27)19(34-20-15(29)14(28)18(31-3)12(8-25)33-20)16(30)17(32-9)11(26)4-5-24-7-10(6-21-2)22-23-24/h7,9,12-21,25,27-30H,4-6,8H2,1-3H3/t9-,12?,13?,14+,15?,16+,17?,18+,19+,20-/m0/s1. The second kappa shape index (κ2) is 11.9. The number of carbonyl (C=O) groups is 1. The number of aliphatic hydroxyl groups is 5. The topological polar surface area (TPSA) is 198 Å². The number of ether oxygens (including phenoxy) is 4. The third-order valence-corrected chi connectivity index (χ3v) is 6.06. The largest absolute Gasteiger partial charge is 0.394 e. The van der Waals surface area contributed by atoms with Gasteiger partial charge in [-0.1, -0.05) is 5.21 Å². The lowest BCUT2D eigenvalue weighted by molar-refractivity contribution is -0.340. The van der Waals surface area contributed by atoms with E-state index in [1.807, 2.05) is 0 Å². The molecule has 14 heteroatoms. The maximum Gasteiger partial charge on any atom is 0.187 e. The van der Waals surface area contributed by atoms with Crippen molar-refractivity contribution in [3.63, 3.8) is 0 Å². The molecule has 2 aliphatic rings. The highest BCUT2D eigenvalue weighted by Crippen LogP contribution is 2.30. The molecule has 6 N–H and O–H groups in total. The normalized spacial score (nSPS) is 38.7. The van der Waals surface area contributed by atoms with Crippen molar-refractivity contribution in [2.45, 2.75) is 87.7 Å². The van der Waals surface area contributed by atoms with Gasteiger partial charge in [0, 0.05) is 32.8 Å². The summed E-state index contributed by atoms with van der Waals surface area (Å²) in [5, 5.41) is 62.5. The lowest BCUT2D eigenvalue weighted by Crippen LogP contribution is -2.64. The Morgan fingerprint density at radius 1 is 1.15 bits per heavy atom. The van der Waals surface area contributed by atoms with Crippen molar-refractivity contribution in [2.24, 2.45) is 0 Å². The molecule has 0 amide bonds. The SMILES string of the molecule is CNCc1cn(CCC(=O)C2O[C@@H](C)C(O)[C@@H](O[C@@H]3OC(CO)[C@@H](OC)[C@H](O)C3O)[C@@H]2O)nn1. The van der Waals surface area contributed by atoms with Gasteiger partial charge in [-0.05, 0) is 14.0 Å². The molecular weight excluding hydrogens is 456 g/mol. The molecule has 0 aromatic carbocycles. The highest BCUT2D eigenvalue weighted by molar-refractivity contribution is 5.84. The summed E-state index contributed by atoms with van der Waals surface area (Å²) in [6.07, 6.45) is -11.5. The maximum atomic E-state index is 12.8. The minimum absolute atomic E-state index is 0.0248. The highest BCUT2D eigenvalue weighted by Gasteiger charge is 2.51. The van der Waals surface area contributed by atoms with Crippen molar-refractivity contribution in [1.82, 2.24) is 20.3 Å². The van der Waals surface area contributed by atoms with Crippen LogP contribution in [0.25, 0.3) is 0 Å². The molecule has 0 spiro atoms. The Hall–Kier alpha value is -1.59. The van der Waals surface area contributed by atoms with E-state index in [0.717, 1.165) is 0 Å². The van der Waals surface area contributed by atoms with Gasteiger partial charge < -0.3 is 49.8 Å². The number of Topliss-reactive ketones (excluding diaryl/α,β-unsaturated/α-hetero) is 1. The van der Waals surface area contributed by atoms with Crippen LogP contribution in [-0.2, 0) is 36.8 Å². The molecule has 34 heavy (non-hydrogen) atoms. The number of rotatable bonds is 10. The van der Waals surface area contributed by atoms with Crippen molar-refractivity contribution in [3.05, 3.63) is 11.9 Å². The number of aliphatic hydroxyl groups excluding tert-OH is 5. The zero-order valence-corrected chi connectivity index (χ0v) is 19.3. The number of hydrogen-bond donors (Lipinski definition) is 6. The second-order valence-corrected chi connectivity index (χ2v) is 8.47. The summed E-state index contributed by atoms with van der Waals surface area (Å²) in [7, 11) is 3.06. The third-order valence-electron chi connectivity index (χ3n) is 6.06. The van der Waals surface area contributed by atoms with Gasteiger partial charge in [-0.15, -0.1) is 5.10 Å². The first-order chi connectivity index (χ1) is 16.2. The minimum atomic E-state index is -1.60. The van der Waals surface area contributed by atoms with Gasteiger partial charge in [0.2, 0.25) is 0 Å². The molecule has 1 aromatic heterocycles. The fourth-order valence-corrected chi connectivity index (χ4v) is 4.15. The van der Waals surface area contributed by atoms with Gasteiger partial charge in [0.1, 0.15) is 48.8 Å². The van der Waals surface area contributed by atoms with Crippen LogP contribution in [0.2, 0.25) is 0 Å². The van der Waals surface area contributed by atoms with E-state index in [9.17, 15) is 30.3 Å². The molecule has 4 unspecified atom stereocenters. The number of aromatic nitrogens is 3. The lowest BCUT2D eigenvalue weighted by Gasteiger charge is -2.46. The second-order valence-electron chi connectivity index (χ2n) is 8.47. The van der Waals surface area contributed by atoms with E-state index in [1.165, 1.54) is 18.7 Å². The maximum absolute atomic E-state index is 12.8. The number of ketones is 1. The summed E-state index contributed by atoms with van der Waals surface area (Å²) in [6.45, 7) is 1.71. The van der Waals surface area contributed by atoms with Gasteiger partial charge in [0.15, 0.2) is 12.1 Å². The van der Waals surface area contributed by atoms with Crippen LogP contribution in [0.15, 0.2) is 6.20 Å². The van der Waals surface area contributed by atoms with Crippen LogP contribution in [-0.4, -0.2) is 128 Å². The molecule has 14 nitrogen and oxygen atoms in total. The first-order valence-corrected chi connectivity index (χ1v) is 11.1. The number of aryl methyl sites for hydroxylation is 1. The van der Waals surface area contributed by atoms with E-state index < -0.39 is 73.6 Å². The molecule has 0 bridgehead atoms. The van der Waals surface area contributed by atoms with Crippen LogP contribution < -0.4 is 5.32 Å². The first-order valence-electron chi connectivity index (χ1n) is 11.1. The predicted octanol–water partition coefficient (Wildman–Crippen LogP) is -3.69. The molecule has 0 radical (unpaired) electrons. The molecule has 194 valence electrons. The highest BCUT2D eigenvalue weighted by atomic mass is 16.7. The monoisotopic (exact) mass is 490 g/mol. The molecule has 3 rings (SSSR count). The van der Waals surface area contributed by atoms with Crippen molar-refractivity contribution in [1.29, 1.82) is 0 Å². The summed E-state index contributed by atoms with van der Waals surface area (Å²) in [5.41, 5.74) is 0.708. The van der Waals surface area contributed by atoms with Crippen molar-refractivity contribution in [2.75, 3.05) is 20.8 Å². The molecule has 0 aliphatic carbocycles. The molecule has 1 aromatic rings. The van der Waals surface area contributed by atoms with Gasteiger partial charge >= 0.3 is 0 Å². The Morgan fingerprint density at radius 2 is 1.88 bits per heavy atom. The Bertz CT molecular complexity index is 795. The fourth-order valence-electron chi connectivity index (χ4n) is 4.15. The van der Waals surface area contributed by atoms with Gasteiger partial charge in [-0.25, -0.2) is 0 Å². The van der Waals surface area contributed by atoms with Crippen LogP contribution in [0.5, 0.6) is 0 Å². The number of carbonyl (C=O) groups excluding carboxylic acids is 1. The van der Waals surface area contributed by atoms with Crippen molar-refractivity contribution in [3.8, 4) is 0 Å². The Kier molecular flexibility index (Phi) is 9.45. The lowest BCUT2D eigenvalue weighted by atomic mass is 9.92. The van der Waals surface area contributed by atoms with Crippen LogP contribution in [0, 0.1) is 0 Å². The van der Waals surface area contributed by atoms with E-state index in [-0.39, 0.29) is 13.0 Å². The van der Waals surface area contributed by atoms with Crippen LogP contribution in [0.4, 0.5) is 0 Å². The smallest absolute Gasteiger partial charge is 0.187 e. The average molecular weight is 491 g/mol. The van der Waals surface area contributed by atoms with Crippen LogP contribution >= 0.6 is 0 Å². The summed E-state index contributed by atoms with van der Waals surface area (Å²) in [4.78, 5) is 12.8. The van der Waals surface area contributed by atoms with Gasteiger partial charge in [-0.3, -0.25) is 9.48 Å². The molecule has 2 fully saturated rings. The first kappa shape index (κ1) is 27.0. The third kappa shape index (κ3) is 5.79. The van der Waals surface area contributed by atoms with E-state index in [1.54, 1.807) is 13.2 Å². The van der Waals surface area contributed by atoms with Crippen LogP contribution in [0.3, 0.4) is 0 Å². The predicted molar refractivity (Wildman–Crippen MR) is 112 cm³/mol. The minimum Gasteiger partial charge on any atom is -0.394 e. The summed E-state index contributed by atoms with van der Waals surface area (Å²) in [5.74, 6) is -0.441. The molecule has 3 heterocycles. The molecular formula is C20H34N4O10. The fraction of sp³-hybridized carbons (Fsp3) is 0.850. The quantitative estimate of drug-likeness (QED) is 0.188. The van der Waals surface area contributed by atoms with Gasteiger partial charge in [0.05, 0.1) is 18.4 Å². The van der Waals surface area contributed by atoms with Gasteiger partial charge in [-0.2, -0.15) is 0 Å². The van der Waals surface area contributed by atoms with E-state index in [4.69, 9.17) is 18.9 Å². The van der Waals surface area contributed by atoms with E-state index >= 15 is 0 Å². The summed E-state index contributed by atoms with van der Waals surface area (Å²) < 4.78 is 23.3. The van der Waals surface area contributed by atoms with Crippen molar-refractivity contribution >= 4 is 5.78 Å². The Balaban J connectivity index is 1.66. The summed E-state index contributed by atoms with van der Waals surface area (Å²) >= 11 is 0. The number of methoxy groups -OCH3 is 1. The Morgan fingerprint density at radius 3 is 2.53 bits per heavy atom.